The van der Waals surface area contributed by atoms with Gasteiger partial charge < -0.3 is 9.64 Å². The molecule has 1 fully saturated rings. The van der Waals surface area contributed by atoms with Gasteiger partial charge in [0.05, 0.1) is 10.6 Å². The summed E-state index contributed by atoms with van der Waals surface area (Å²) in [6.45, 7) is 5.30. The maximum Gasteiger partial charge on any atom is 0.254 e. The van der Waals surface area contributed by atoms with E-state index < -0.39 is 10.0 Å². The van der Waals surface area contributed by atoms with Crippen LogP contribution in [0.3, 0.4) is 0 Å². The van der Waals surface area contributed by atoms with Gasteiger partial charge in [0.25, 0.3) is 5.69 Å². The van der Waals surface area contributed by atoms with Crippen LogP contribution in [0.1, 0.15) is 18.4 Å². The molecule has 29 heavy (non-hydrogen) atoms. The molecule has 9 heteroatoms. The normalized spacial score (nSPS) is 18.2. The van der Waals surface area contributed by atoms with Crippen molar-refractivity contribution in [2.24, 2.45) is 0 Å². The Morgan fingerprint density at radius 1 is 1.14 bits per heavy atom. The highest BCUT2D eigenvalue weighted by Gasteiger charge is 2.35. The van der Waals surface area contributed by atoms with E-state index in [1.807, 2.05) is 18.2 Å². The molecule has 0 unspecified atom stereocenters. The zero-order valence-electron chi connectivity index (χ0n) is 15.7. The summed E-state index contributed by atoms with van der Waals surface area (Å²) >= 11 is 3.49. The quantitative estimate of drug-likeness (QED) is 0.730. The van der Waals surface area contributed by atoms with Crippen LogP contribution in [-0.2, 0) is 21.4 Å². The number of halogens is 1. The van der Waals surface area contributed by atoms with Crippen LogP contribution in [0.4, 0.5) is 11.4 Å². The first-order valence-corrected chi connectivity index (χ1v) is 11.5. The number of hydrogen-bond acceptors (Lipinski definition) is 5. The number of nitrogens with zero attached hydrogens (tertiary/aromatic N) is 2. The molecule has 2 aliphatic heterocycles. The molecule has 0 bridgehead atoms. The summed E-state index contributed by atoms with van der Waals surface area (Å²) in [4.78, 5) is 13.1. The highest BCUT2D eigenvalue weighted by atomic mass is 79.9. The summed E-state index contributed by atoms with van der Waals surface area (Å²) in [5, 5.41) is 1.74. The van der Waals surface area contributed by atoms with Crippen molar-refractivity contribution in [1.29, 1.82) is 0 Å². The summed E-state index contributed by atoms with van der Waals surface area (Å²) in [6.07, 6.45) is 1.30. The molecular weight excluding hydrogens is 458 g/mol. The van der Waals surface area contributed by atoms with Gasteiger partial charge in [0.2, 0.25) is 10.0 Å². The van der Waals surface area contributed by atoms with Crippen molar-refractivity contribution in [2.75, 3.05) is 18.0 Å². The summed E-state index contributed by atoms with van der Waals surface area (Å²) in [5.74, 6) is 0.593. The molecule has 7 nitrogen and oxygen atoms in total. The van der Waals surface area contributed by atoms with Crippen molar-refractivity contribution in [2.45, 2.75) is 30.4 Å². The highest BCUT2D eigenvalue weighted by molar-refractivity contribution is 9.10. The zero-order chi connectivity index (χ0) is 20.6. The third-order valence-electron chi connectivity index (χ3n) is 5.34. The lowest BCUT2D eigenvalue weighted by Gasteiger charge is -2.42. The van der Waals surface area contributed by atoms with Crippen LogP contribution in [-0.4, -0.2) is 31.9 Å². The van der Waals surface area contributed by atoms with Crippen LogP contribution in [0.25, 0.3) is 0 Å². The molecule has 1 saturated heterocycles. The minimum Gasteiger partial charge on any atom is -0.474 e. The Morgan fingerprint density at radius 3 is 2.62 bits per heavy atom. The van der Waals surface area contributed by atoms with Crippen LogP contribution in [0.5, 0.6) is 0 Å². The lowest BCUT2D eigenvalue weighted by Crippen LogP contribution is -2.55. The molecule has 2 heterocycles. The van der Waals surface area contributed by atoms with Crippen molar-refractivity contribution in [3.8, 4) is 0 Å². The summed E-state index contributed by atoms with van der Waals surface area (Å²) in [7, 11) is -3.65. The Labute approximate surface area is 178 Å². The van der Waals surface area contributed by atoms with Gasteiger partial charge in [-0.05, 0) is 43.7 Å². The maximum absolute atomic E-state index is 13.0. The van der Waals surface area contributed by atoms with Gasteiger partial charge in [-0.2, -0.15) is 4.31 Å². The van der Waals surface area contributed by atoms with Crippen molar-refractivity contribution in [1.82, 2.24) is 4.31 Å². The Hall–Kier alpha value is -2.23. The number of ether oxygens (including phenoxy) is 1. The van der Waals surface area contributed by atoms with Crippen molar-refractivity contribution in [3.05, 3.63) is 69.9 Å². The lowest BCUT2D eigenvalue weighted by molar-refractivity contribution is -0.379. The fraction of sp³-hybridized carbons (Fsp3) is 0.300. The van der Waals surface area contributed by atoms with Crippen LogP contribution in [0, 0.1) is 4.91 Å². The minimum atomic E-state index is -3.65. The Kier molecular flexibility index (Phi) is 5.46. The van der Waals surface area contributed by atoms with Gasteiger partial charge in [0.15, 0.2) is 5.88 Å². The van der Waals surface area contributed by atoms with E-state index in [1.54, 1.807) is 11.2 Å². The van der Waals surface area contributed by atoms with E-state index in [0.717, 1.165) is 15.7 Å². The Balaban J connectivity index is 1.52. The highest BCUT2D eigenvalue weighted by Crippen LogP contribution is 2.37. The predicted molar refractivity (Wildman–Crippen MR) is 113 cm³/mol. The SMILES string of the molecule is C=C1OCc2cc(Br)ccc2N1C1CCN(S(=O)(=O)c2cccc([NH+]=O)c2)CC1. The van der Waals surface area contributed by atoms with Gasteiger partial charge in [-0.3, -0.25) is 0 Å². The van der Waals surface area contributed by atoms with Crippen LogP contribution >= 0.6 is 15.9 Å². The standard InChI is InChI=1S/C20H20BrN3O4S/c1-14-24(20-6-5-16(21)11-15(20)13-28-14)18-7-9-23(10-8-18)29(26,27)19-4-2-3-17(12-19)22-25/h2-6,11-12,18H,1,7-10,13H2/p+1. The second-order valence-electron chi connectivity index (χ2n) is 7.09. The molecule has 1 N–H and O–H groups in total. The minimum absolute atomic E-state index is 0.101. The van der Waals surface area contributed by atoms with E-state index in [9.17, 15) is 13.3 Å². The van der Waals surface area contributed by atoms with E-state index in [2.05, 4.69) is 27.4 Å². The summed E-state index contributed by atoms with van der Waals surface area (Å²) in [6, 6.07) is 12.1. The first-order valence-electron chi connectivity index (χ1n) is 9.28. The fourth-order valence-corrected chi connectivity index (χ4v) is 5.80. The van der Waals surface area contributed by atoms with E-state index >= 15 is 0 Å². The third kappa shape index (κ3) is 3.82. The molecule has 2 aliphatic rings. The maximum atomic E-state index is 13.0. The number of nitroso groups, excluding NO2 is 1. The molecule has 0 amide bonds. The van der Waals surface area contributed by atoms with Gasteiger partial charge in [-0.1, -0.05) is 22.0 Å². The number of piperidine rings is 1. The van der Waals surface area contributed by atoms with Gasteiger partial charge in [-0.15, -0.1) is 0 Å². The van der Waals surface area contributed by atoms with E-state index in [1.165, 1.54) is 22.5 Å². The van der Waals surface area contributed by atoms with E-state index in [4.69, 9.17) is 4.74 Å². The number of hydrogen-bond donors (Lipinski definition) is 1. The first-order chi connectivity index (χ1) is 13.9. The second kappa shape index (κ2) is 7.89. The molecular formula is C20H21BrN3O4S+. The van der Waals surface area contributed by atoms with Gasteiger partial charge in [0.1, 0.15) is 6.61 Å². The average molecular weight is 479 g/mol. The van der Waals surface area contributed by atoms with Crippen LogP contribution in [0.2, 0.25) is 0 Å². The van der Waals surface area contributed by atoms with Gasteiger partial charge in [0, 0.05) is 51.4 Å². The largest absolute Gasteiger partial charge is 0.474 e. The lowest BCUT2D eigenvalue weighted by atomic mass is 10.0. The van der Waals surface area contributed by atoms with Crippen LogP contribution in [0.15, 0.2) is 64.3 Å². The number of nitrogens with one attached hydrogen (secondary N) is 1. The first kappa shape index (κ1) is 20.1. The molecule has 152 valence electrons. The molecule has 0 atom stereocenters. The zero-order valence-corrected chi connectivity index (χ0v) is 18.1. The van der Waals surface area contributed by atoms with Crippen molar-refractivity contribution in [3.63, 3.8) is 0 Å². The monoisotopic (exact) mass is 478 g/mol. The third-order valence-corrected chi connectivity index (χ3v) is 7.73. The number of benzene rings is 2. The number of rotatable bonds is 4. The Morgan fingerprint density at radius 2 is 1.90 bits per heavy atom. The second-order valence-corrected chi connectivity index (χ2v) is 9.94. The van der Waals surface area contributed by atoms with Crippen LogP contribution < -0.4 is 10.1 Å². The molecule has 2 aromatic carbocycles. The molecule has 4 rings (SSSR count). The fourth-order valence-electron chi connectivity index (χ4n) is 3.88. The van der Waals surface area contributed by atoms with Crippen molar-refractivity contribution >= 4 is 37.3 Å². The Bertz CT molecular complexity index is 1070. The summed E-state index contributed by atoms with van der Waals surface area (Å²) in [5.41, 5.74) is 2.36. The van der Waals surface area contributed by atoms with E-state index in [0.29, 0.717) is 38.4 Å². The molecule has 0 aliphatic carbocycles. The van der Waals surface area contributed by atoms with E-state index in [-0.39, 0.29) is 16.6 Å². The number of sulfonamides is 1. The van der Waals surface area contributed by atoms with Gasteiger partial charge >= 0.3 is 0 Å². The molecule has 0 radical (unpaired) electrons. The predicted octanol–water partition coefficient (Wildman–Crippen LogP) is 2.59. The van der Waals surface area contributed by atoms with Crippen molar-refractivity contribution < 1.29 is 18.3 Å². The number of anilines is 1. The smallest absolute Gasteiger partial charge is 0.254 e. The molecule has 0 saturated carbocycles. The molecule has 0 aromatic heterocycles. The summed E-state index contributed by atoms with van der Waals surface area (Å²) < 4.78 is 34.2. The molecule has 2 aromatic rings. The molecule has 0 spiro atoms. The number of fused-ring (bicyclic) bond motifs is 1. The average Bonchev–Trinajstić information content (AvgIpc) is 2.74. The van der Waals surface area contributed by atoms with Gasteiger partial charge in [-0.25, -0.2) is 8.42 Å². The topological polar surface area (TPSA) is 80.9 Å².